The first-order chi connectivity index (χ1) is 10.0. The SMILES string of the molecule is COC1(CC(=O)N2CC(n3cc(C(=O)O)nn3)C2)CCC1. The Bertz CT molecular complexity index is 555. The minimum atomic E-state index is -1.10. The van der Waals surface area contributed by atoms with E-state index in [-0.39, 0.29) is 23.2 Å². The van der Waals surface area contributed by atoms with E-state index in [1.165, 1.54) is 10.9 Å². The highest BCUT2D eigenvalue weighted by atomic mass is 16.5. The van der Waals surface area contributed by atoms with Crippen LogP contribution in [-0.2, 0) is 9.53 Å². The summed E-state index contributed by atoms with van der Waals surface area (Å²) in [6.07, 6.45) is 4.82. The van der Waals surface area contributed by atoms with Crippen molar-refractivity contribution >= 4 is 11.9 Å². The molecule has 8 heteroatoms. The van der Waals surface area contributed by atoms with E-state index in [4.69, 9.17) is 9.84 Å². The summed E-state index contributed by atoms with van der Waals surface area (Å²) in [4.78, 5) is 24.7. The maximum atomic E-state index is 12.2. The van der Waals surface area contributed by atoms with Gasteiger partial charge in [0, 0.05) is 20.2 Å². The van der Waals surface area contributed by atoms with E-state index in [1.54, 1.807) is 12.0 Å². The number of methoxy groups -OCH3 is 1. The zero-order valence-corrected chi connectivity index (χ0v) is 11.9. The quantitative estimate of drug-likeness (QED) is 0.840. The number of carboxylic acids is 1. The molecule has 0 atom stereocenters. The molecule has 1 aromatic heterocycles. The maximum absolute atomic E-state index is 12.2. The van der Waals surface area contributed by atoms with Crippen LogP contribution < -0.4 is 0 Å². The van der Waals surface area contributed by atoms with E-state index in [0.29, 0.717) is 19.5 Å². The van der Waals surface area contributed by atoms with Gasteiger partial charge in [0.05, 0.1) is 24.3 Å². The minimum Gasteiger partial charge on any atom is -0.476 e. The van der Waals surface area contributed by atoms with Crippen LogP contribution in [0.15, 0.2) is 6.20 Å². The van der Waals surface area contributed by atoms with Gasteiger partial charge in [0.15, 0.2) is 5.69 Å². The van der Waals surface area contributed by atoms with Crippen LogP contribution in [0.4, 0.5) is 0 Å². The average molecular weight is 294 g/mol. The Morgan fingerprint density at radius 3 is 2.67 bits per heavy atom. The number of hydrogen-bond donors (Lipinski definition) is 1. The summed E-state index contributed by atoms with van der Waals surface area (Å²) >= 11 is 0. The number of carboxylic acid groups (broad SMARTS) is 1. The lowest BCUT2D eigenvalue weighted by Crippen LogP contribution is -2.54. The third kappa shape index (κ3) is 2.51. The lowest BCUT2D eigenvalue weighted by Gasteiger charge is -2.44. The molecular formula is C13H18N4O4. The van der Waals surface area contributed by atoms with Crippen molar-refractivity contribution in [1.29, 1.82) is 0 Å². The monoisotopic (exact) mass is 294 g/mol. The van der Waals surface area contributed by atoms with Crippen molar-refractivity contribution in [2.45, 2.75) is 37.3 Å². The molecular weight excluding hydrogens is 276 g/mol. The molecule has 1 aromatic rings. The van der Waals surface area contributed by atoms with E-state index in [2.05, 4.69) is 10.3 Å². The van der Waals surface area contributed by atoms with Crippen molar-refractivity contribution in [3.8, 4) is 0 Å². The fourth-order valence-electron chi connectivity index (χ4n) is 2.79. The number of aromatic carboxylic acids is 1. The Morgan fingerprint density at radius 1 is 1.48 bits per heavy atom. The van der Waals surface area contributed by atoms with Crippen molar-refractivity contribution in [1.82, 2.24) is 19.9 Å². The summed E-state index contributed by atoms with van der Waals surface area (Å²) in [5, 5.41) is 16.2. The maximum Gasteiger partial charge on any atom is 0.358 e. The highest BCUT2D eigenvalue weighted by Crippen LogP contribution is 2.39. The van der Waals surface area contributed by atoms with Crippen LogP contribution >= 0.6 is 0 Å². The highest BCUT2D eigenvalue weighted by Gasteiger charge is 2.42. The molecule has 21 heavy (non-hydrogen) atoms. The van der Waals surface area contributed by atoms with Crippen molar-refractivity contribution in [3.05, 3.63) is 11.9 Å². The number of aromatic nitrogens is 3. The van der Waals surface area contributed by atoms with Gasteiger partial charge >= 0.3 is 5.97 Å². The molecule has 2 fully saturated rings. The largest absolute Gasteiger partial charge is 0.476 e. The van der Waals surface area contributed by atoms with Crippen molar-refractivity contribution in [2.75, 3.05) is 20.2 Å². The second-order valence-corrected chi connectivity index (χ2v) is 5.76. The topological polar surface area (TPSA) is 97.5 Å². The summed E-state index contributed by atoms with van der Waals surface area (Å²) in [5.41, 5.74) is -0.334. The summed E-state index contributed by atoms with van der Waals surface area (Å²) in [6.45, 7) is 1.09. The van der Waals surface area contributed by atoms with E-state index >= 15 is 0 Å². The average Bonchev–Trinajstić information content (AvgIpc) is 2.81. The smallest absolute Gasteiger partial charge is 0.358 e. The Kier molecular flexibility index (Phi) is 3.40. The molecule has 0 radical (unpaired) electrons. The predicted molar refractivity (Wildman–Crippen MR) is 70.8 cm³/mol. The van der Waals surface area contributed by atoms with Gasteiger partial charge in [0.25, 0.3) is 0 Å². The lowest BCUT2D eigenvalue weighted by molar-refractivity contribution is -0.149. The first-order valence-corrected chi connectivity index (χ1v) is 7.01. The second kappa shape index (κ2) is 5.10. The molecule has 8 nitrogen and oxygen atoms in total. The van der Waals surface area contributed by atoms with Crippen LogP contribution in [0, 0.1) is 0 Å². The molecule has 2 aliphatic rings. The van der Waals surface area contributed by atoms with Gasteiger partial charge in [-0.2, -0.15) is 0 Å². The van der Waals surface area contributed by atoms with Crippen LogP contribution in [0.1, 0.15) is 42.2 Å². The van der Waals surface area contributed by atoms with Crippen molar-refractivity contribution < 1.29 is 19.4 Å². The van der Waals surface area contributed by atoms with Crippen LogP contribution in [0.3, 0.4) is 0 Å². The van der Waals surface area contributed by atoms with Gasteiger partial charge in [0.1, 0.15) is 0 Å². The van der Waals surface area contributed by atoms with Gasteiger partial charge in [-0.25, -0.2) is 9.48 Å². The molecule has 0 spiro atoms. The standard InChI is InChI=1S/C13H18N4O4/c1-21-13(3-2-4-13)5-11(18)16-6-9(7-16)17-8-10(12(19)20)14-15-17/h8-9H,2-7H2,1H3,(H,19,20). The number of likely N-dealkylation sites (tertiary alicyclic amines) is 1. The fourth-order valence-corrected chi connectivity index (χ4v) is 2.79. The van der Waals surface area contributed by atoms with Gasteiger partial charge in [-0.05, 0) is 19.3 Å². The molecule has 2 heterocycles. The molecule has 0 bridgehead atoms. The normalized spacial score (nSPS) is 20.7. The number of ether oxygens (including phenoxy) is 1. The number of amides is 1. The molecule has 0 aromatic carbocycles. The summed E-state index contributed by atoms with van der Waals surface area (Å²) in [5.74, 6) is -1.01. The summed E-state index contributed by atoms with van der Waals surface area (Å²) in [6, 6.07) is 0.00874. The van der Waals surface area contributed by atoms with Crippen LogP contribution in [0.2, 0.25) is 0 Å². The van der Waals surface area contributed by atoms with E-state index in [9.17, 15) is 9.59 Å². The third-order valence-corrected chi connectivity index (χ3v) is 4.49. The molecule has 1 N–H and O–H groups in total. The van der Waals surface area contributed by atoms with Crippen molar-refractivity contribution in [2.24, 2.45) is 0 Å². The Balaban J connectivity index is 1.53. The Labute approximate surface area is 121 Å². The van der Waals surface area contributed by atoms with E-state index in [0.717, 1.165) is 19.3 Å². The minimum absolute atomic E-state index is 0.00874. The van der Waals surface area contributed by atoms with Crippen molar-refractivity contribution in [3.63, 3.8) is 0 Å². The number of carbonyl (C=O) groups excluding carboxylic acids is 1. The zero-order chi connectivity index (χ0) is 15.0. The summed E-state index contributed by atoms with van der Waals surface area (Å²) < 4.78 is 6.98. The first kappa shape index (κ1) is 14.0. The van der Waals surface area contributed by atoms with Gasteiger partial charge in [-0.1, -0.05) is 5.21 Å². The first-order valence-electron chi connectivity index (χ1n) is 7.01. The predicted octanol–water partition coefficient (Wildman–Crippen LogP) is 0.319. The van der Waals surface area contributed by atoms with E-state index in [1.807, 2.05) is 0 Å². The van der Waals surface area contributed by atoms with Gasteiger partial charge in [-0.15, -0.1) is 5.10 Å². The number of nitrogens with zero attached hydrogens (tertiary/aromatic N) is 4. The molecule has 1 saturated carbocycles. The van der Waals surface area contributed by atoms with Gasteiger partial charge < -0.3 is 14.7 Å². The molecule has 3 rings (SSSR count). The number of rotatable bonds is 5. The van der Waals surface area contributed by atoms with E-state index < -0.39 is 5.97 Å². The zero-order valence-electron chi connectivity index (χ0n) is 11.9. The van der Waals surface area contributed by atoms with Crippen LogP contribution in [0.5, 0.6) is 0 Å². The fraction of sp³-hybridized carbons (Fsp3) is 0.692. The molecule has 1 amide bonds. The molecule has 1 aliphatic heterocycles. The highest BCUT2D eigenvalue weighted by molar-refractivity contribution is 5.84. The Morgan fingerprint density at radius 2 is 2.19 bits per heavy atom. The molecule has 1 saturated heterocycles. The van der Waals surface area contributed by atoms with Crippen LogP contribution in [0.25, 0.3) is 0 Å². The molecule has 114 valence electrons. The second-order valence-electron chi connectivity index (χ2n) is 5.76. The third-order valence-electron chi connectivity index (χ3n) is 4.49. The summed E-state index contributed by atoms with van der Waals surface area (Å²) in [7, 11) is 1.66. The number of carbonyl (C=O) groups is 2. The lowest BCUT2D eigenvalue weighted by atomic mass is 9.77. The molecule has 0 unspecified atom stereocenters. The number of hydrogen-bond acceptors (Lipinski definition) is 5. The molecule has 1 aliphatic carbocycles. The Hall–Kier alpha value is -1.96. The van der Waals surface area contributed by atoms with Gasteiger partial charge in [-0.3, -0.25) is 4.79 Å². The van der Waals surface area contributed by atoms with Gasteiger partial charge in [0.2, 0.25) is 5.91 Å². The van der Waals surface area contributed by atoms with Crippen LogP contribution in [-0.4, -0.2) is 62.7 Å².